The Morgan fingerprint density at radius 3 is 1.68 bits per heavy atom. The molecule has 238 valence electrons. The molecular formula is C49H37N. The average molecular weight is 640 g/mol. The van der Waals surface area contributed by atoms with Gasteiger partial charge in [0.05, 0.1) is 5.69 Å². The molecule has 1 heteroatoms. The molecule has 0 unspecified atom stereocenters. The largest absolute Gasteiger partial charge is 0.310 e. The van der Waals surface area contributed by atoms with Gasteiger partial charge in [-0.05, 0) is 97.2 Å². The fourth-order valence-corrected chi connectivity index (χ4v) is 8.01. The third kappa shape index (κ3) is 4.94. The van der Waals surface area contributed by atoms with Crippen LogP contribution in [-0.4, -0.2) is 0 Å². The van der Waals surface area contributed by atoms with Gasteiger partial charge in [-0.3, -0.25) is 0 Å². The van der Waals surface area contributed by atoms with Gasteiger partial charge < -0.3 is 4.90 Å². The first-order valence-corrected chi connectivity index (χ1v) is 17.4. The molecule has 0 saturated carbocycles. The van der Waals surface area contributed by atoms with Crippen LogP contribution in [0.1, 0.15) is 25.0 Å². The molecule has 0 heterocycles. The van der Waals surface area contributed by atoms with Crippen LogP contribution >= 0.6 is 0 Å². The summed E-state index contributed by atoms with van der Waals surface area (Å²) < 4.78 is 0. The van der Waals surface area contributed by atoms with Crippen molar-refractivity contribution in [2.45, 2.75) is 19.3 Å². The summed E-state index contributed by atoms with van der Waals surface area (Å²) in [4.78, 5) is 2.39. The number of rotatable bonds is 6. The number of fused-ring (bicyclic) bond motifs is 4. The minimum Gasteiger partial charge on any atom is -0.310 e. The van der Waals surface area contributed by atoms with Gasteiger partial charge in [0.1, 0.15) is 0 Å². The molecule has 0 amide bonds. The van der Waals surface area contributed by atoms with Crippen LogP contribution in [0.25, 0.3) is 55.3 Å². The van der Waals surface area contributed by atoms with Crippen molar-refractivity contribution in [3.8, 4) is 44.5 Å². The normalized spacial score (nSPS) is 12.8. The molecule has 0 N–H and O–H groups in total. The van der Waals surface area contributed by atoms with E-state index in [1.165, 1.54) is 66.4 Å². The van der Waals surface area contributed by atoms with Gasteiger partial charge in [-0.25, -0.2) is 0 Å². The van der Waals surface area contributed by atoms with Gasteiger partial charge in [-0.1, -0.05) is 166 Å². The lowest BCUT2D eigenvalue weighted by Crippen LogP contribution is -2.14. The number of nitrogens with zero attached hydrogens (tertiary/aromatic N) is 1. The smallest absolute Gasteiger partial charge is 0.0540 e. The Morgan fingerprint density at radius 1 is 0.360 bits per heavy atom. The average Bonchev–Trinajstić information content (AvgIpc) is 3.41. The number of benzene rings is 8. The Hall–Kier alpha value is -6.18. The van der Waals surface area contributed by atoms with Crippen molar-refractivity contribution in [3.05, 3.63) is 199 Å². The van der Waals surface area contributed by atoms with Crippen molar-refractivity contribution in [3.63, 3.8) is 0 Å². The molecule has 0 aliphatic heterocycles. The number of anilines is 3. The van der Waals surface area contributed by atoms with E-state index in [2.05, 4.69) is 207 Å². The van der Waals surface area contributed by atoms with E-state index in [9.17, 15) is 0 Å². The van der Waals surface area contributed by atoms with E-state index in [1.807, 2.05) is 0 Å². The molecule has 0 atom stereocenters. The summed E-state index contributed by atoms with van der Waals surface area (Å²) in [6, 6.07) is 68.5. The maximum Gasteiger partial charge on any atom is 0.0540 e. The molecule has 50 heavy (non-hydrogen) atoms. The fourth-order valence-electron chi connectivity index (χ4n) is 8.01. The minimum absolute atomic E-state index is 0.0301. The van der Waals surface area contributed by atoms with E-state index in [0.29, 0.717) is 0 Å². The Labute approximate surface area is 294 Å². The van der Waals surface area contributed by atoms with E-state index in [4.69, 9.17) is 0 Å². The van der Waals surface area contributed by atoms with Gasteiger partial charge in [0, 0.05) is 22.4 Å². The number of para-hydroxylation sites is 2. The predicted molar refractivity (Wildman–Crippen MR) is 213 cm³/mol. The first-order valence-electron chi connectivity index (χ1n) is 17.4. The quantitative estimate of drug-likeness (QED) is 0.175. The van der Waals surface area contributed by atoms with Crippen LogP contribution < -0.4 is 4.90 Å². The highest BCUT2D eigenvalue weighted by Gasteiger charge is 2.35. The van der Waals surface area contributed by atoms with Crippen LogP contribution in [0, 0.1) is 0 Å². The van der Waals surface area contributed by atoms with Crippen molar-refractivity contribution in [1.29, 1.82) is 0 Å². The van der Waals surface area contributed by atoms with Gasteiger partial charge in [-0.2, -0.15) is 0 Å². The van der Waals surface area contributed by atoms with E-state index in [-0.39, 0.29) is 5.41 Å². The zero-order valence-corrected chi connectivity index (χ0v) is 28.3. The predicted octanol–water partition coefficient (Wildman–Crippen LogP) is 13.6. The summed E-state index contributed by atoms with van der Waals surface area (Å²) in [5.41, 5.74) is 16.2. The van der Waals surface area contributed by atoms with Crippen LogP contribution in [0.15, 0.2) is 188 Å². The summed E-state index contributed by atoms with van der Waals surface area (Å²) >= 11 is 0. The second-order valence-electron chi connectivity index (χ2n) is 13.7. The summed E-state index contributed by atoms with van der Waals surface area (Å²) in [6.07, 6.45) is 0. The molecule has 0 saturated heterocycles. The standard InChI is InChI=1S/C49H37N/c1-49(2)45-25-11-9-21-41(45)42-32-29-37(33-46(42)49)34-27-30-39(31-28-34)50(38-19-7-4-8-20-38)47-26-12-10-22-43(47)44-24-14-18-36-17-13-23-40(48(36)44)35-15-5-3-6-16-35/h3-33H,1-2H3. The zero-order valence-electron chi connectivity index (χ0n) is 28.3. The van der Waals surface area contributed by atoms with Gasteiger partial charge in [0.25, 0.3) is 0 Å². The topological polar surface area (TPSA) is 3.24 Å². The molecular weight excluding hydrogens is 603 g/mol. The van der Waals surface area contributed by atoms with Crippen molar-refractivity contribution in [1.82, 2.24) is 0 Å². The molecule has 1 aliphatic carbocycles. The summed E-state index contributed by atoms with van der Waals surface area (Å²) in [6.45, 7) is 4.69. The minimum atomic E-state index is -0.0301. The van der Waals surface area contributed by atoms with Crippen molar-refractivity contribution in [2.24, 2.45) is 0 Å². The summed E-state index contributed by atoms with van der Waals surface area (Å²) in [7, 11) is 0. The molecule has 8 aromatic rings. The lowest BCUT2D eigenvalue weighted by atomic mass is 9.81. The highest BCUT2D eigenvalue weighted by Crippen LogP contribution is 2.50. The highest BCUT2D eigenvalue weighted by atomic mass is 15.1. The molecule has 0 fully saturated rings. The first-order chi connectivity index (χ1) is 24.6. The molecule has 0 aromatic heterocycles. The molecule has 1 aliphatic rings. The maximum absolute atomic E-state index is 2.40. The van der Waals surface area contributed by atoms with E-state index >= 15 is 0 Å². The highest BCUT2D eigenvalue weighted by molar-refractivity contribution is 6.08. The first kappa shape index (κ1) is 29.9. The van der Waals surface area contributed by atoms with Crippen LogP contribution in [0.3, 0.4) is 0 Å². The Balaban J connectivity index is 1.17. The van der Waals surface area contributed by atoms with Crippen molar-refractivity contribution >= 4 is 27.8 Å². The molecule has 8 aromatic carbocycles. The van der Waals surface area contributed by atoms with Gasteiger partial charge in [-0.15, -0.1) is 0 Å². The van der Waals surface area contributed by atoms with Crippen LogP contribution in [-0.2, 0) is 5.41 Å². The lowest BCUT2D eigenvalue weighted by molar-refractivity contribution is 0.660. The van der Waals surface area contributed by atoms with Gasteiger partial charge in [0.15, 0.2) is 0 Å². The number of hydrogen-bond acceptors (Lipinski definition) is 1. The van der Waals surface area contributed by atoms with E-state index in [1.54, 1.807) is 0 Å². The molecule has 1 nitrogen and oxygen atoms in total. The van der Waals surface area contributed by atoms with Crippen molar-refractivity contribution in [2.75, 3.05) is 4.90 Å². The van der Waals surface area contributed by atoms with Gasteiger partial charge in [0.2, 0.25) is 0 Å². The van der Waals surface area contributed by atoms with Crippen LogP contribution in [0.5, 0.6) is 0 Å². The molecule has 0 bridgehead atoms. The summed E-state index contributed by atoms with van der Waals surface area (Å²) in [5.74, 6) is 0. The third-order valence-corrected chi connectivity index (χ3v) is 10.5. The second-order valence-corrected chi connectivity index (χ2v) is 13.7. The monoisotopic (exact) mass is 639 g/mol. The van der Waals surface area contributed by atoms with Gasteiger partial charge >= 0.3 is 0 Å². The Bertz CT molecular complexity index is 2490. The fraction of sp³-hybridized carbons (Fsp3) is 0.0612. The Kier molecular flexibility index (Phi) is 7.21. The lowest BCUT2D eigenvalue weighted by Gasteiger charge is -2.28. The number of hydrogen-bond donors (Lipinski definition) is 0. The van der Waals surface area contributed by atoms with Crippen LogP contribution in [0.4, 0.5) is 17.1 Å². The van der Waals surface area contributed by atoms with Crippen LogP contribution in [0.2, 0.25) is 0 Å². The molecule has 0 spiro atoms. The molecule has 0 radical (unpaired) electrons. The van der Waals surface area contributed by atoms with Crippen molar-refractivity contribution < 1.29 is 0 Å². The van der Waals surface area contributed by atoms with E-state index in [0.717, 1.165) is 17.1 Å². The SMILES string of the molecule is CC1(C)c2ccccc2-c2ccc(-c3ccc(N(c4ccccc4)c4ccccc4-c4cccc5cccc(-c6ccccc6)c45)cc3)cc21. The Morgan fingerprint density at radius 2 is 0.920 bits per heavy atom. The third-order valence-electron chi connectivity index (χ3n) is 10.5. The second kappa shape index (κ2) is 12.1. The molecule has 9 rings (SSSR count). The maximum atomic E-state index is 2.40. The van der Waals surface area contributed by atoms with E-state index < -0.39 is 0 Å². The zero-order chi connectivity index (χ0) is 33.7. The summed E-state index contributed by atoms with van der Waals surface area (Å²) in [5, 5.41) is 2.49.